The molecule has 5 nitrogen and oxygen atoms in total. The van der Waals surface area contributed by atoms with Crippen molar-refractivity contribution in [2.24, 2.45) is 5.92 Å². The number of benzene rings is 1. The van der Waals surface area contributed by atoms with E-state index in [9.17, 15) is 13.6 Å². The molecule has 1 saturated heterocycles. The molecular formula is C17H21F2N3O2. The lowest BCUT2D eigenvalue weighted by Gasteiger charge is -2.21. The summed E-state index contributed by atoms with van der Waals surface area (Å²) in [4.78, 5) is 13.7. The fourth-order valence-corrected chi connectivity index (χ4v) is 3.28. The molecule has 0 bridgehead atoms. The highest BCUT2D eigenvalue weighted by molar-refractivity contribution is 5.75. The van der Waals surface area contributed by atoms with Gasteiger partial charge in [-0.2, -0.15) is 0 Å². The van der Waals surface area contributed by atoms with Crippen LogP contribution < -0.4 is 15.5 Å². The summed E-state index contributed by atoms with van der Waals surface area (Å²) in [6, 6.07) is 3.24. The number of aliphatic hydroxyl groups excluding tert-OH is 1. The van der Waals surface area contributed by atoms with Crippen molar-refractivity contribution in [2.75, 3.05) is 24.6 Å². The van der Waals surface area contributed by atoms with Gasteiger partial charge in [0, 0.05) is 37.7 Å². The Morgan fingerprint density at radius 2 is 2.00 bits per heavy atom. The van der Waals surface area contributed by atoms with Crippen molar-refractivity contribution in [3.05, 3.63) is 42.0 Å². The average Bonchev–Trinajstić information content (AvgIpc) is 3.17. The van der Waals surface area contributed by atoms with E-state index in [0.717, 1.165) is 0 Å². The molecule has 3 N–H and O–H groups in total. The summed E-state index contributed by atoms with van der Waals surface area (Å²) in [6.07, 6.45) is 5.07. The number of urea groups is 1. The number of carbonyl (C=O) groups excluding carboxylic acids is 1. The number of anilines is 1. The summed E-state index contributed by atoms with van der Waals surface area (Å²) in [5, 5.41) is 14.8. The predicted molar refractivity (Wildman–Crippen MR) is 86.8 cm³/mol. The van der Waals surface area contributed by atoms with E-state index in [1.54, 1.807) is 4.90 Å². The van der Waals surface area contributed by atoms with E-state index in [4.69, 9.17) is 5.11 Å². The normalized spacial score (nSPS) is 26.0. The minimum atomic E-state index is -0.591. The highest BCUT2D eigenvalue weighted by atomic mass is 19.1. The summed E-state index contributed by atoms with van der Waals surface area (Å²) in [7, 11) is 0. The van der Waals surface area contributed by atoms with Gasteiger partial charge in [0.1, 0.15) is 17.3 Å². The zero-order valence-corrected chi connectivity index (χ0v) is 13.2. The van der Waals surface area contributed by atoms with Crippen molar-refractivity contribution in [1.29, 1.82) is 0 Å². The van der Waals surface area contributed by atoms with Crippen LogP contribution in [0.25, 0.3) is 0 Å². The SMILES string of the molecule is O=C(NC1CCN(c2c(F)cccc2F)C1)N[C@@H]1C=C[C@H](CO)C1. The molecule has 1 aliphatic carbocycles. The van der Waals surface area contributed by atoms with Crippen molar-refractivity contribution < 1.29 is 18.7 Å². The zero-order chi connectivity index (χ0) is 17.1. The molecule has 130 valence electrons. The lowest BCUT2D eigenvalue weighted by atomic mass is 10.1. The molecule has 1 unspecified atom stereocenters. The summed E-state index contributed by atoms with van der Waals surface area (Å²) >= 11 is 0. The smallest absolute Gasteiger partial charge is 0.315 e. The van der Waals surface area contributed by atoms with Gasteiger partial charge in [-0.1, -0.05) is 18.2 Å². The maximum absolute atomic E-state index is 13.8. The van der Waals surface area contributed by atoms with Gasteiger partial charge < -0.3 is 20.6 Å². The second-order valence-electron chi connectivity index (χ2n) is 6.29. The van der Waals surface area contributed by atoms with Crippen LogP contribution in [0.5, 0.6) is 0 Å². The quantitative estimate of drug-likeness (QED) is 0.734. The van der Waals surface area contributed by atoms with Gasteiger partial charge in [-0.25, -0.2) is 13.6 Å². The standard InChI is InChI=1S/C17H21F2N3O2/c18-14-2-1-3-15(19)16(14)22-7-6-13(9-22)21-17(24)20-12-5-4-11(8-12)10-23/h1-5,11-13,23H,6-10H2,(H2,20,21,24)/t11-,12+,13?/m0/s1. The molecule has 1 aliphatic heterocycles. The van der Waals surface area contributed by atoms with Crippen molar-refractivity contribution in [1.82, 2.24) is 10.6 Å². The number of carbonyl (C=O) groups is 1. The number of hydrogen-bond acceptors (Lipinski definition) is 3. The number of nitrogens with one attached hydrogen (secondary N) is 2. The Morgan fingerprint density at radius 3 is 2.67 bits per heavy atom. The largest absolute Gasteiger partial charge is 0.396 e. The molecular weight excluding hydrogens is 316 g/mol. The lowest BCUT2D eigenvalue weighted by Crippen LogP contribution is -2.46. The van der Waals surface area contributed by atoms with Crippen LogP contribution in [0.15, 0.2) is 30.4 Å². The van der Waals surface area contributed by atoms with Crippen LogP contribution in [0.2, 0.25) is 0 Å². The molecule has 1 heterocycles. The van der Waals surface area contributed by atoms with Crippen LogP contribution in [0, 0.1) is 17.6 Å². The number of aliphatic hydroxyl groups is 1. The maximum Gasteiger partial charge on any atom is 0.315 e. The second-order valence-corrected chi connectivity index (χ2v) is 6.29. The minimum Gasteiger partial charge on any atom is -0.396 e. The molecule has 0 spiro atoms. The van der Waals surface area contributed by atoms with Crippen molar-refractivity contribution in [3.63, 3.8) is 0 Å². The van der Waals surface area contributed by atoms with Crippen molar-refractivity contribution in [3.8, 4) is 0 Å². The Hall–Kier alpha value is -2.15. The van der Waals surface area contributed by atoms with E-state index in [0.29, 0.717) is 25.9 Å². The Bertz CT molecular complexity index is 618. The number of amides is 2. The van der Waals surface area contributed by atoms with Crippen LogP contribution in [0.4, 0.5) is 19.3 Å². The third kappa shape index (κ3) is 3.67. The van der Waals surface area contributed by atoms with Crippen LogP contribution in [0.1, 0.15) is 12.8 Å². The molecule has 2 aliphatic rings. The molecule has 0 aromatic heterocycles. The molecule has 3 rings (SSSR count). The summed E-state index contributed by atoms with van der Waals surface area (Å²) < 4.78 is 27.6. The van der Waals surface area contributed by atoms with Gasteiger partial charge in [0.2, 0.25) is 0 Å². The Labute approximate surface area is 139 Å². The summed E-state index contributed by atoms with van der Waals surface area (Å²) in [6.45, 7) is 0.922. The fraction of sp³-hybridized carbons (Fsp3) is 0.471. The second kappa shape index (κ2) is 7.17. The Balaban J connectivity index is 1.51. The predicted octanol–water partition coefficient (Wildman–Crippen LogP) is 1.78. The first kappa shape index (κ1) is 16.7. The molecule has 1 fully saturated rings. The molecule has 2 amide bonds. The van der Waals surface area contributed by atoms with Gasteiger partial charge in [-0.05, 0) is 25.0 Å². The third-order valence-electron chi connectivity index (χ3n) is 4.50. The monoisotopic (exact) mass is 337 g/mol. The van der Waals surface area contributed by atoms with Gasteiger partial charge in [-0.15, -0.1) is 0 Å². The molecule has 24 heavy (non-hydrogen) atoms. The van der Waals surface area contributed by atoms with Gasteiger partial charge in [0.25, 0.3) is 0 Å². The van der Waals surface area contributed by atoms with Crippen LogP contribution in [-0.4, -0.2) is 42.9 Å². The number of halogens is 2. The Morgan fingerprint density at radius 1 is 1.25 bits per heavy atom. The fourth-order valence-electron chi connectivity index (χ4n) is 3.28. The van der Waals surface area contributed by atoms with Crippen LogP contribution in [0.3, 0.4) is 0 Å². The van der Waals surface area contributed by atoms with E-state index in [1.165, 1.54) is 18.2 Å². The molecule has 3 atom stereocenters. The van der Waals surface area contributed by atoms with Gasteiger partial charge in [0.15, 0.2) is 0 Å². The van der Waals surface area contributed by atoms with Crippen molar-refractivity contribution >= 4 is 11.7 Å². The van der Waals surface area contributed by atoms with E-state index >= 15 is 0 Å². The first-order valence-corrected chi connectivity index (χ1v) is 8.12. The van der Waals surface area contributed by atoms with E-state index < -0.39 is 11.6 Å². The first-order chi connectivity index (χ1) is 11.6. The van der Waals surface area contributed by atoms with E-state index in [1.807, 2.05) is 12.2 Å². The highest BCUT2D eigenvalue weighted by Gasteiger charge is 2.28. The topological polar surface area (TPSA) is 64.6 Å². The number of nitrogens with zero attached hydrogens (tertiary/aromatic N) is 1. The molecule has 0 saturated carbocycles. The number of para-hydroxylation sites is 1. The van der Waals surface area contributed by atoms with Crippen LogP contribution >= 0.6 is 0 Å². The van der Waals surface area contributed by atoms with Gasteiger partial charge >= 0.3 is 6.03 Å². The zero-order valence-electron chi connectivity index (χ0n) is 13.2. The van der Waals surface area contributed by atoms with Crippen molar-refractivity contribution in [2.45, 2.75) is 24.9 Å². The summed E-state index contributed by atoms with van der Waals surface area (Å²) in [5.41, 5.74) is -0.0354. The maximum atomic E-state index is 13.8. The van der Waals surface area contributed by atoms with Gasteiger partial charge in [0.05, 0.1) is 0 Å². The Kier molecular flexibility index (Phi) is 4.99. The average molecular weight is 337 g/mol. The summed E-state index contributed by atoms with van der Waals surface area (Å²) in [5.74, 6) is -1.10. The first-order valence-electron chi connectivity index (χ1n) is 8.12. The molecule has 1 aromatic rings. The number of hydrogen-bond donors (Lipinski definition) is 3. The van der Waals surface area contributed by atoms with Crippen LogP contribution in [-0.2, 0) is 0 Å². The molecule has 0 radical (unpaired) electrons. The number of rotatable bonds is 4. The molecule has 1 aromatic carbocycles. The lowest BCUT2D eigenvalue weighted by molar-refractivity contribution is 0.229. The van der Waals surface area contributed by atoms with E-state index in [2.05, 4.69) is 10.6 Å². The van der Waals surface area contributed by atoms with E-state index in [-0.39, 0.29) is 36.3 Å². The third-order valence-corrected chi connectivity index (χ3v) is 4.50. The molecule has 7 heteroatoms. The highest BCUT2D eigenvalue weighted by Crippen LogP contribution is 2.26. The van der Waals surface area contributed by atoms with Gasteiger partial charge in [-0.3, -0.25) is 0 Å². The minimum absolute atomic E-state index is 0.0354.